The van der Waals surface area contributed by atoms with Crippen molar-refractivity contribution in [3.05, 3.63) is 71.8 Å². The molecular weight excluding hydrogens is 444 g/mol. The summed E-state index contributed by atoms with van der Waals surface area (Å²) >= 11 is 0. The summed E-state index contributed by atoms with van der Waals surface area (Å²) in [6, 6.07) is 19.6. The second-order valence-corrected chi connectivity index (χ2v) is 9.33. The van der Waals surface area contributed by atoms with Crippen LogP contribution in [0.3, 0.4) is 0 Å². The van der Waals surface area contributed by atoms with Crippen LogP contribution >= 0.6 is 0 Å². The van der Waals surface area contributed by atoms with Crippen molar-refractivity contribution < 1.29 is 24.1 Å². The Morgan fingerprint density at radius 3 is 2.71 bits per heavy atom. The number of aliphatic hydroxyl groups is 1. The predicted octanol–water partition coefficient (Wildman–Crippen LogP) is 4.11. The van der Waals surface area contributed by atoms with Gasteiger partial charge in [0.2, 0.25) is 6.79 Å². The van der Waals surface area contributed by atoms with Crippen LogP contribution in [0.5, 0.6) is 17.2 Å². The number of carbonyl (C=O) groups is 1. The number of anilines is 1. The van der Waals surface area contributed by atoms with E-state index >= 15 is 0 Å². The van der Waals surface area contributed by atoms with E-state index in [9.17, 15) is 9.90 Å². The zero-order chi connectivity index (χ0) is 24.1. The van der Waals surface area contributed by atoms with Gasteiger partial charge in [0.1, 0.15) is 5.75 Å². The lowest BCUT2D eigenvalue weighted by molar-refractivity contribution is 0.0693. The maximum Gasteiger partial charge on any atom is 0.254 e. The number of ether oxygens (including phenoxy) is 3. The molecule has 1 N–H and O–H groups in total. The molecule has 3 aliphatic heterocycles. The minimum Gasteiger partial charge on any atom is -0.497 e. The van der Waals surface area contributed by atoms with Crippen molar-refractivity contribution in [3.8, 4) is 28.4 Å². The number of likely N-dealkylation sites (tertiary alicyclic amines) is 1. The largest absolute Gasteiger partial charge is 0.497 e. The van der Waals surface area contributed by atoms with Crippen LogP contribution in [0.4, 0.5) is 5.69 Å². The van der Waals surface area contributed by atoms with Crippen molar-refractivity contribution >= 4 is 11.6 Å². The van der Waals surface area contributed by atoms with Gasteiger partial charge in [-0.05, 0) is 65.6 Å². The van der Waals surface area contributed by atoms with E-state index in [4.69, 9.17) is 14.2 Å². The summed E-state index contributed by atoms with van der Waals surface area (Å²) in [6.45, 7) is 0.850. The molecule has 1 amide bonds. The summed E-state index contributed by atoms with van der Waals surface area (Å²) in [7, 11) is 3.70. The Morgan fingerprint density at radius 1 is 1.06 bits per heavy atom. The maximum atomic E-state index is 13.8. The number of amides is 1. The third-order valence-corrected chi connectivity index (χ3v) is 7.63. The molecule has 180 valence electrons. The van der Waals surface area contributed by atoms with E-state index in [1.54, 1.807) is 25.3 Å². The minimum atomic E-state index is -0.123. The van der Waals surface area contributed by atoms with Crippen LogP contribution in [0.25, 0.3) is 11.1 Å². The van der Waals surface area contributed by atoms with Crippen molar-refractivity contribution in [3.63, 3.8) is 0 Å². The highest BCUT2D eigenvalue weighted by Gasteiger charge is 2.47. The van der Waals surface area contributed by atoms with Gasteiger partial charge in [0.25, 0.3) is 5.91 Å². The van der Waals surface area contributed by atoms with Gasteiger partial charge in [-0.3, -0.25) is 4.79 Å². The topological polar surface area (TPSA) is 71.5 Å². The molecular formula is C28H28N2O5. The Hall–Kier alpha value is -3.71. The molecule has 3 atom stereocenters. The average molecular weight is 473 g/mol. The number of carbonyl (C=O) groups excluding carboxylic acids is 1. The number of benzene rings is 3. The number of rotatable bonds is 4. The fraction of sp³-hybridized carbons (Fsp3) is 0.321. The highest BCUT2D eigenvalue weighted by atomic mass is 16.7. The number of nitrogens with zero attached hydrogens (tertiary/aromatic N) is 2. The third-order valence-electron chi connectivity index (χ3n) is 7.63. The molecule has 0 bridgehead atoms. The van der Waals surface area contributed by atoms with E-state index in [1.165, 1.54) is 0 Å². The van der Waals surface area contributed by atoms with E-state index in [1.807, 2.05) is 30.1 Å². The number of aliphatic hydroxyl groups excluding tert-OH is 1. The van der Waals surface area contributed by atoms with Crippen molar-refractivity contribution in [1.29, 1.82) is 0 Å². The Bertz CT molecular complexity index is 1290. The Morgan fingerprint density at radius 2 is 1.89 bits per heavy atom. The summed E-state index contributed by atoms with van der Waals surface area (Å²) < 4.78 is 16.3. The van der Waals surface area contributed by atoms with Crippen molar-refractivity contribution in [2.75, 3.05) is 39.0 Å². The fourth-order valence-corrected chi connectivity index (χ4v) is 5.86. The first-order valence-electron chi connectivity index (χ1n) is 11.9. The minimum absolute atomic E-state index is 0.0326. The molecule has 1 saturated heterocycles. The van der Waals surface area contributed by atoms with Crippen LogP contribution < -0.4 is 19.1 Å². The summed E-state index contributed by atoms with van der Waals surface area (Å²) in [5.74, 6) is 2.17. The quantitative estimate of drug-likeness (QED) is 0.616. The van der Waals surface area contributed by atoms with Gasteiger partial charge >= 0.3 is 0 Å². The van der Waals surface area contributed by atoms with E-state index in [2.05, 4.69) is 29.2 Å². The Kier molecular flexibility index (Phi) is 5.29. The van der Waals surface area contributed by atoms with E-state index in [0.29, 0.717) is 23.6 Å². The van der Waals surface area contributed by atoms with Gasteiger partial charge in [-0.1, -0.05) is 18.2 Å². The Labute approximate surface area is 204 Å². The standard InChI is InChI=1S/C28H28N2O5/c1-29-23-8-6-18(17-4-3-5-20(12-17)33-2)13-22(23)27-21(24(29)15-31)10-11-30(27)28(32)19-7-9-25-26(14-19)35-16-34-25/h3-9,12-14,21,24,27,31H,10-11,15-16H2,1-2H3/t21-,24-,27-/m1/s1. The molecule has 1 fully saturated rings. The van der Waals surface area contributed by atoms with Gasteiger partial charge in [-0.25, -0.2) is 0 Å². The van der Waals surface area contributed by atoms with E-state index in [0.717, 1.165) is 34.5 Å². The summed E-state index contributed by atoms with van der Waals surface area (Å²) in [5, 5.41) is 10.3. The lowest BCUT2D eigenvalue weighted by Crippen LogP contribution is -2.48. The van der Waals surface area contributed by atoms with Crippen LogP contribution in [0.1, 0.15) is 28.4 Å². The molecule has 0 unspecified atom stereocenters. The monoisotopic (exact) mass is 472 g/mol. The molecule has 0 aliphatic carbocycles. The highest BCUT2D eigenvalue weighted by molar-refractivity contribution is 5.95. The maximum absolute atomic E-state index is 13.8. The number of fused-ring (bicyclic) bond motifs is 4. The molecule has 0 aromatic heterocycles. The van der Waals surface area contributed by atoms with Crippen LogP contribution in [-0.2, 0) is 0 Å². The van der Waals surface area contributed by atoms with E-state index < -0.39 is 0 Å². The van der Waals surface area contributed by atoms with Gasteiger partial charge < -0.3 is 29.1 Å². The van der Waals surface area contributed by atoms with Crippen LogP contribution in [0, 0.1) is 5.92 Å². The van der Waals surface area contributed by atoms with Crippen molar-refractivity contribution in [2.45, 2.75) is 18.5 Å². The first-order valence-corrected chi connectivity index (χ1v) is 11.9. The SMILES string of the molecule is COc1cccc(-c2ccc3c(c2)[C@H]2[C@H](CCN2C(=O)c2ccc4c(c2)OCO4)[C@@H](CO)N3C)c1. The van der Waals surface area contributed by atoms with E-state index in [-0.39, 0.29) is 37.3 Å². The lowest BCUT2D eigenvalue weighted by atomic mass is 9.81. The summed E-state index contributed by atoms with van der Waals surface area (Å²) in [4.78, 5) is 17.9. The predicted molar refractivity (Wildman–Crippen MR) is 132 cm³/mol. The van der Waals surface area contributed by atoms with Crippen LogP contribution in [0.15, 0.2) is 60.7 Å². The van der Waals surface area contributed by atoms with Crippen LogP contribution in [0.2, 0.25) is 0 Å². The average Bonchev–Trinajstić information content (AvgIpc) is 3.55. The fourth-order valence-electron chi connectivity index (χ4n) is 5.86. The molecule has 3 aromatic rings. The molecule has 3 heterocycles. The number of likely N-dealkylation sites (N-methyl/N-ethyl adjacent to an activating group) is 1. The first kappa shape index (κ1) is 21.8. The van der Waals surface area contributed by atoms with Gasteiger partial charge in [0, 0.05) is 30.8 Å². The zero-order valence-electron chi connectivity index (χ0n) is 19.8. The zero-order valence-corrected chi connectivity index (χ0v) is 19.8. The molecule has 0 saturated carbocycles. The molecule has 0 radical (unpaired) electrons. The van der Waals surface area contributed by atoms with Crippen molar-refractivity contribution in [1.82, 2.24) is 4.90 Å². The van der Waals surface area contributed by atoms with Gasteiger partial charge in [0.05, 0.1) is 25.8 Å². The molecule has 3 aromatic carbocycles. The molecule has 35 heavy (non-hydrogen) atoms. The van der Waals surface area contributed by atoms with Crippen molar-refractivity contribution in [2.24, 2.45) is 5.92 Å². The lowest BCUT2D eigenvalue weighted by Gasteiger charge is -2.44. The second kappa shape index (κ2) is 8.50. The normalized spacial score (nSPS) is 22.1. The third kappa shape index (κ3) is 3.49. The first-order chi connectivity index (χ1) is 17.1. The summed E-state index contributed by atoms with van der Waals surface area (Å²) in [5.41, 5.74) is 4.86. The molecule has 3 aliphatic rings. The van der Waals surface area contributed by atoms with Gasteiger partial charge in [0.15, 0.2) is 11.5 Å². The number of hydrogen-bond donors (Lipinski definition) is 1. The smallest absolute Gasteiger partial charge is 0.254 e. The highest BCUT2D eigenvalue weighted by Crippen LogP contribution is 2.50. The number of methoxy groups -OCH3 is 1. The second-order valence-electron chi connectivity index (χ2n) is 9.33. The van der Waals surface area contributed by atoms with Crippen LogP contribution in [-0.4, -0.2) is 56.1 Å². The molecule has 7 heteroatoms. The molecule has 7 nitrogen and oxygen atoms in total. The Balaban J connectivity index is 1.42. The molecule has 0 spiro atoms. The van der Waals surface area contributed by atoms with Gasteiger partial charge in [-0.2, -0.15) is 0 Å². The summed E-state index contributed by atoms with van der Waals surface area (Å²) in [6.07, 6.45) is 0.833. The number of hydrogen-bond acceptors (Lipinski definition) is 6. The van der Waals surface area contributed by atoms with Gasteiger partial charge in [-0.15, -0.1) is 0 Å². The molecule has 6 rings (SSSR count).